The van der Waals surface area contributed by atoms with Gasteiger partial charge in [0.05, 0.1) is 18.9 Å². The molecule has 4 aromatic rings. The van der Waals surface area contributed by atoms with Crippen molar-refractivity contribution < 1.29 is 32.2 Å². The number of carbonyl (C=O) groups is 2. The maximum absolute atomic E-state index is 12.8. The molecular formula is C30H26F3N3O4. The average molecular weight is 550 g/mol. The van der Waals surface area contributed by atoms with E-state index >= 15 is 0 Å². The molecule has 10 heteroatoms. The summed E-state index contributed by atoms with van der Waals surface area (Å²) in [5.41, 5.74) is 3.12. The molecule has 0 spiro atoms. The number of ether oxygens (including phenoxy) is 2. The Hall–Kier alpha value is -4.86. The van der Waals surface area contributed by atoms with Crippen molar-refractivity contribution in [1.82, 2.24) is 5.43 Å². The normalized spacial score (nSPS) is 11.4. The standard InChI is InChI=1S/C30H26F3N3O4/c1-39-27-16-20(12-13-26(27)40-19-22-8-4-7-21-6-2-3-11-25(21)22)18-34-36-29(38)15-14-28(37)35-24-10-5-9-23(17-24)30(31,32)33/h2-13,16-18H,14-15,19H2,1H3,(H,35,37)(H,36,38). The number of nitrogens with one attached hydrogen (secondary N) is 2. The van der Waals surface area contributed by atoms with Gasteiger partial charge in [-0.1, -0.05) is 48.5 Å². The van der Waals surface area contributed by atoms with Crippen molar-refractivity contribution in [2.45, 2.75) is 25.6 Å². The summed E-state index contributed by atoms with van der Waals surface area (Å²) in [6.45, 7) is 0.350. The number of hydrogen-bond donors (Lipinski definition) is 2. The molecule has 206 valence electrons. The summed E-state index contributed by atoms with van der Waals surface area (Å²) in [5, 5.41) is 8.49. The zero-order valence-corrected chi connectivity index (χ0v) is 21.5. The molecule has 0 aliphatic heterocycles. The summed E-state index contributed by atoms with van der Waals surface area (Å²) in [5.74, 6) is -0.0927. The first kappa shape index (κ1) is 28.2. The van der Waals surface area contributed by atoms with Gasteiger partial charge in [-0.15, -0.1) is 0 Å². The van der Waals surface area contributed by atoms with Crippen LogP contribution in [0.4, 0.5) is 18.9 Å². The van der Waals surface area contributed by atoms with Crippen LogP contribution in [0.25, 0.3) is 10.8 Å². The molecule has 0 radical (unpaired) electrons. The van der Waals surface area contributed by atoms with Gasteiger partial charge in [0.1, 0.15) is 6.61 Å². The lowest BCUT2D eigenvalue weighted by atomic mass is 10.1. The molecule has 0 atom stereocenters. The lowest BCUT2D eigenvalue weighted by Gasteiger charge is -2.12. The van der Waals surface area contributed by atoms with Crippen molar-refractivity contribution in [2.75, 3.05) is 12.4 Å². The Balaban J connectivity index is 1.27. The Morgan fingerprint density at radius 2 is 1.62 bits per heavy atom. The fourth-order valence-electron chi connectivity index (χ4n) is 3.92. The fourth-order valence-corrected chi connectivity index (χ4v) is 3.92. The highest BCUT2D eigenvalue weighted by Gasteiger charge is 2.30. The number of hydrogen-bond acceptors (Lipinski definition) is 5. The first-order valence-corrected chi connectivity index (χ1v) is 12.3. The van der Waals surface area contributed by atoms with Crippen LogP contribution in [0.5, 0.6) is 11.5 Å². The van der Waals surface area contributed by atoms with Crippen molar-refractivity contribution in [2.24, 2.45) is 5.10 Å². The minimum Gasteiger partial charge on any atom is -0.493 e. The summed E-state index contributed by atoms with van der Waals surface area (Å²) < 4.78 is 49.9. The van der Waals surface area contributed by atoms with Crippen molar-refractivity contribution >= 4 is 34.5 Å². The molecule has 2 N–H and O–H groups in total. The molecular weight excluding hydrogens is 523 g/mol. The van der Waals surface area contributed by atoms with E-state index in [1.165, 1.54) is 25.5 Å². The Kier molecular flexibility index (Phi) is 9.00. The third-order valence-corrected chi connectivity index (χ3v) is 5.91. The second-order valence-corrected chi connectivity index (χ2v) is 8.76. The van der Waals surface area contributed by atoms with Gasteiger partial charge in [0.2, 0.25) is 11.8 Å². The highest BCUT2D eigenvalue weighted by Crippen LogP contribution is 2.31. The molecule has 0 fully saturated rings. The van der Waals surface area contributed by atoms with Crippen LogP contribution in [0, 0.1) is 0 Å². The fraction of sp³-hybridized carbons (Fsp3) is 0.167. The Morgan fingerprint density at radius 1 is 0.875 bits per heavy atom. The number of rotatable bonds is 10. The van der Waals surface area contributed by atoms with Gasteiger partial charge in [0.25, 0.3) is 0 Å². The quantitative estimate of drug-likeness (QED) is 0.179. The number of methoxy groups -OCH3 is 1. The maximum atomic E-state index is 12.8. The topological polar surface area (TPSA) is 89.0 Å². The molecule has 0 saturated carbocycles. The number of amides is 2. The summed E-state index contributed by atoms with van der Waals surface area (Å²) in [7, 11) is 1.52. The van der Waals surface area contributed by atoms with E-state index in [0.29, 0.717) is 23.7 Å². The zero-order valence-electron chi connectivity index (χ0n) is 21.5. The predicted octanol–water partition coefficient (Wildman–Crippen LogP) is 6.32. The number of hydrazone groups is 1. The predicted molar refractivity (Wildman–Crippen MR) is 146 cm³/mol. The molecule has 0 heterocycles. The van der Waals surface area contributed by atoms with Crippen LogP contribution in [0.3, 0.4) is 0 Å². The number of anilines is 1. The van der Waals surface area contributed by atoms with Gasteiger partial charge in [0, 0.05) is 18.5 Å². The van der Waals surface area contributed by atoms with Crippen LogP contribution in [-0.2, 0) is 22.4 Å². The largest absolute Gasteiger partial charge is 0.493 e. The maximum Gasteiger partial charge on any atom is 0.416 e. The third kappa shape index (κ3) is 7.59. The summed E-state index contributed by atoms with van der Waals surface area (Å²) in [4.78, 5) is 24.1. The summed E-state index contributed by atoms with van der Waals surface area (Å²) >= 11 is 0. The van der Waals surface area contributed by atoms with Crippen LogP contribution >= 0.6 is 0 Å². The number of carbonyl (C=O) groups excluding carboxylic acids is 2. The third-order valence-electron chi connectivity index (χ3n) is 5.91. The molecule has 0 saturated heterocycles. The van der Waals surface area contributed by atoms with Gasteiger partial charge in [-0.3, -0.25) is 9.59 Å². The van der Waals surface area contributed by atoms with E-state index in [-0.39, 0.29) is 18.5 Å². The number of halogens is 3. The highest BCUT2D eigenvalue weighted by molar-refractivity contribution is 5.93. The lowest BCUT2D eigenvalue weighted by molar-refractivity contribution is -0.137. The minimum absolute atomic E-state index is 0.00301. The Morgan fingerprint density at radius 3 is 2.42 bits per heavy atom. The average Bonchev–Trinajstić information content (AvgIpc) is 2.95. The van der Waals surface area contributed by atoms with E-state index in [0.717, 1.165) is 28.5 Å². The van der Waals surface area contributed by atoms with Gasteiger partial charge in [-0.25, -0.2) is 5.43 Å². The monoisotopic (exact) mass is 549 g/mol. The second-order valence-electron chi connectivity index (χ2n) is 8.76. The molecule has 4 rings (SSSR count). The van der Waals surface area contributed by atoms with E-state index in [1.807, 2.05) is 42.5 Å². The molecule has 2 amide bonds. The van der Waals surface area contributed by atoms with Crippen molar-refractivity contribution in [3.8, 4) is 11.5 Å². The molecule has 0 unspecified atom stereocenters. The SMILES string of the molecule is COc1cc(C=NNC(=O)CCC(=O)Nc2cccc(C(F)(F)F)c2)ccc1OCc1cccc2ccccc12. The molecule has 40 heavy (non-hydrogen) atoms. The molecule has 0 bridgehead atoms. The molecule has 7 nitrogen and oxygen atoms in total. The summed E-state index contributed by atoms with van der Waals surface area (Å²) in [6, 6.07) is 23.5. The van der Waals surface area contributed by atoms with Gasteiger partial charge in [-0.05, 0) is 58.3 Å². The highest BCUT2D eigenvalue weighted by atomic mass is 19.4. The van der Waals surface area contributed by atoms with Crippen molar-refractivity contribution in [1.29, 1.82) is 0 Å². The number of benzene rings is 4. The van der Waals surface area contributed by atoms with Crippen LogP contribution < -0.4 is 20.2 Å². The smallest absolute Gasteiger partial charge is 0.416 e. The van der Waals surface area contributed by atoms with Crippen LogP contribution in [0.1, 0.15) is 29.5 Å². The van der Waals surface area contributed by atoms with Crippen molar-refractivity contribution in [3.05, 3.63) is 102 Å². The van der Waals surface area contributed by atoms with E-state index in [2.05, 4.69) is 15.8 Å². The first-order chi connectivity index (χ1) is 19.2. The molecule has 0 aliphatic carbocycles. The first-order valence-electron chi connectivity index (χ1n) is 12.3. The Labute approximate surface area is 228 Å². The molecule has 0 aliphatic rings. The minimum atomic E-state index is -4.52. The Bertz CT molecular complexity index is 1530. The van der Waals surface area contributed by atoms with Crippen molar-refractivity contribution in [3.63, 3.8) is 0 Å². The molecule has 0 aromatic heterocycles. The second kappa shape index (κ2) is 12.8. The lowest BCUT2D eigenvalue weighted by Crippen LogP contribution is -2.20. The van der Waals surface area contributed by atoms with Gasteiger partial charge in [-0.2, -0.15) is 18.3 Å². The van der Waals surface area contributed by atoms with E-state index in [4.69, 9.17) is 9.47 Å². The number of nitrogens with zero attached hydrogens (tertiary/aromatic N) is 1. The summed E-state index contributed by atoms with van der Waals surface area (Å²) in [6.07, 6.45) is -3.54. The van der Waals surface area contributed by atoms with Gasteiger partial charge < -0.3 is 14.8 Å². The van der Waals surface area contributed by atoms with Gasteiger partial charge in [0.15, 0.2) is 11.5 Å². The van der Waals surface area contributed by atoms with Gasteiger partial charge >= 0.3 is 6.18 Å². The number of fused-ring (bicyclic) bond motifs is 1. The van der Waals surface area contributed by atoms with Crippen LogP contribution in [0.15, 0.2) is 90.0 Å². The zero-order chi connectivity index (χ0) is 28.5. The van der Waals surface area contributed by atoms with Crippen LogP contribution in [-0.4, -0.2) is 25.1 Å². The molecule has 4 aromatic carbocycles. The van der Waals surface area contributed by atoms with Crippen LogP contribution in [0.2, 0.25) is 0 Å². The van der Waals surface area contributed by atoms with E-state index in [1.54, 1.807) is 18.2 Å². The van der Waals surface area contributed by atoms with E-state index < -0.39 is 23.6 Å². The number of alkyl halides is 3. The van der Waals surface area contributed by atoms with E-state index in [9.17, 15) is 22.8 Å².